The van der Waals surface area contributed by atoms with Crippen LogP contribution in [0.2, 0.25) is 0 Å². The van der Waals surface area contributed by atoms with Crippen molar-refractivity contribution in [3.8, 4) is 0 Å². The molecule has 4 nitrogen and oxygen atoms in total. The van der Waals surface area contributed by atoms with Crippen LogP contribution in [0.5, 0.6) is 0 Å². The number of pyridine rings is 1. The maximum Gasteiger partial charge on any atom is 0.224 e. The second-order valence-corrected chi connectivity index (χ2v) is 5.65. The third-order valence-electron chi connectivity index (χ3n) is 2.97. The molecule has 2 rings (SSSR count). The molecule has 0 aliphatic carbocycles. The molecule has 1 atom stereocenters. The summed E-state index contributed by atoms with van der Waals surface area (Å²) in [7, 11) is 1.84. The van der Waals surface area contributed by atoms with E-state index in [-0.39, 0.29) is 5.91 Å². The van der Waals surface area contributed by atoms with E-state index < -0.39 is 0 Å². The van der Waals surface area contributed by atoms with Crippen molar-refractivity contribution in [1.82, 2.24) is 15.2 Å². The van der Waals surface area contributed by atoms with E-state index in [1.165, 1.54) is 0 Å². The highest BCUT2D eigenvalue weighted by atomic mass is 32.2. The normalized spacial score (nSPS) is 19.5. The summed E-state index contributed by atoms with van der Waals surface area (Å²) in [6.45, 7) is 1.59. The molecule has 1 fully saturated rings. The second-order valence-electron chi connectivity index (χ2n) is 4.50. The number of hydrogen-bond acceptors (Lipinski definition) is 4. The predicted octanol–water partition coefficient (Wildman–Crippen LogP) is 1.14. The molecule has 1 saturated heterocycles. The minimum Gasteiger partial charge on any atom is -0.340 e. The van der Waals surface area contributed by atoms with Crippen LogP contribution in [-0.2, 0) is 11.3 Å². The van der Waals surface area contributed by atoms with Crippen LogP contribution in [0.4, 0.5) is 0 Å². The van der Waals surface area contributed by atoms with Crippen LogP contribution in [0.1, 0.15) is 12.1 Å². The molecular weight excluding hydrogens is 246 g/mol. The molecule has 0 spiro atoms. The summed E-state index contributed by atoms with van der Waals surface area (Å²) in [5.74, 6) is 2.36. The van der Waals surface area contributed by atoms with E-state index in [1.54, 1.807) is 11.1 Å². The fraction of sp³-hybridized carbons (Fsp3) is 0.538. The summed E-state index contributed by atoms with van der Waals surface area (Å²) in [5, 5.41) is 3.38. The van der Waals surface area contributed by atoms with Gasteiger partial charge in [-0.1, -0.05) is 6.07 Å². The number of rotatable bonds is 4. The van der Waals surface area contributed by atoms with Crippen molar-refractivity contribution < 1.29 is 4.79 Å². The number of amides is 1. The van der Waals surface area contributed by atoms with Crippen LogP contribution < -0.4 is 5.32 Å². The molecule has 1 aliphatic heterocycles. The summed E-state index contributed by atoms with van der Waals surface area (Å²) < 4.78 is 0. The molecule has 98 valence electrons. The SMILES string of the molecule is CN(Cc1ccccn1)C(=O)CC1CSCCN1. The molecule has 1 N–H and O–H groups in total. The minimum atomic E-state index is 0.181. The van der Waals surface area contributed by atoms with Crippen molar-refractivity contribution in [1.29, 1.82) is 0 Å². The Morgan fingerprint density at radius 1 is 1.61 bits per heavy atom. The van der Waals surface area contributed by atoms with Gasteiger partial charge in [-0.2, -0.15) is 11.8 Å². The number of carbonyl (C=O) groups is 1. The molecule has 1 amide bonds. The van der Waals surface area contributed by atoms with Gasteiger partial charge in [-0.05, 0) is 12.1 Å². The van der Waals surface area contributed by atoms with Gasteiger partial charge in [-0.3, -0.25) is 9.78 Å². The first kappa shape index (κ1) is 13.4. The van der Waals surface area contributed by atoms with Crippen molar-refractivity contribution >= 4 is 17.7 Å². The average molecular weight is 265 g/mol. The molecule has 0 radical (unpaired) electrons. The van der Waals surface area contributed by atoms with Gasteiger partial charge in [-0.15, -0.1) is 0 Å². The zero-order valence-electron chi connectivity index (χ0n) is 10.6. The van der Waals surface area contributed by atoms with Crippen LogP contribution in [0.25, 0.3) is 0 Å². The lowest BCUT2D eigenvalue weighted by molar-refractivity contribution is -0.130. The lowest BCUT2D eigenvalue weighted by Gasteiger charge is -2.25. The number of carbonyl (C=O) groups excluding carboxylic acids is 1. The lowest BCUT2D eigenvalue weighted by Crippen LogP contribution is -2.41. The third kappa shape index (κ3) is 3.99. The number of thioether (sulfide) groups is 1. The molecule has 1 aromatic rings. The fourth-order valence-electron chi connectivity index (χ4n) is 1.94. The van der Waals surface area contributed by atoms with Crippen LogP contribution in [0, 0.1) is 0 Å². The first-order valence-corrected chi connectivity index (χ1v) is 7.36. The van der Waals surface area contributed by atoms with Gasteiger partial charge in [0.15, 0.2) is 0 Å². The van der Waals surface area contributed by atoms with Gasteiger partial charge < -0.3 is 10.2 Å². The smallest absolute Gasteiger partial charge is 0.224 e. The Bertz CT molecular complexity index is 379. The van der Waals surface area contributed by atoms with Gasteiger partial charge in [0.05, 0.1) is 12.2 Å². The maximum absolute atomic E-state index is 12.1. The molecule has 1 aliphatic rings. The predicted molar refractivity (Wildman–Crippen MR) is 74.4 cm³/mol. The van der Waals surface area contributed by atoms with E-state index in [9.17, 15) is 4.79 Å². The molecule has 0 aromatic carbocycles. The van der Waals surface area contributed by atoms with E-state index in [0.717, 1.165) is 23.7 Å². The van der Waals surface area contributed by atoms with E-state index >= 15 is 0 Å². The topological polar surface area (TPSA) is 45.2 Å². The monoisotopic (exact) mass is 265 g/mol. The van der Waals surface area contributed by atoms with E-state index in [2.05, 4.69) is 10.3 Å². The minimum absolute atomic E-state index is 0.181. The first-order valence-electron chi connectivity index (χ1n) is 6.20. The lowest BCUT2D eigenvalue weighted by atomic mass is 10.2. The van der Waals surface area contributed by atoms with Gasteiger partial charge >= 0.3 is 0 Å². The highest BCUT2D eigenvalue weighted by Gasteiger charge is 2.19. The number of nitrogens with one attached hydrogen (secondary N) is 1. The Labute approximate surface area is 112 Å². The molecule has 1 unspecified atom stereocenters. The number of nitrogens with zero attached hydrogens (tertiary/aromatic N) is 2. The van der Waals surface area contributed by atoms with Crippen molar-refractivity contribution in [3.63, 3.8) is 0 Å². The van der Waals surface area contributed by atoms with Crippen LogP contribution in [0.3, 0.4) is 0 Å². The third-order valence-corrected chi connectivity index (χ3v) is 4.10. The highest BCUT2D eigenvalue weighted by Crippen LogP contribution is 2.11. The van der Waals surface area contributed by atoms with Gasteiger partial charge in [0.2, 0.25) is 5.91 Å². The second kappa shape index (κ2) is 6.75. The molecular formula is C13H19N3OS. The van der Waals surface area contributed by atoms with Crippen molar-refractivity contribution in [2.45, 2.75) is 19.0 Å². The fourth-order valence-corrected chi connectivity index (χ4v) is 2.89. The average Bonchev–Trinajstić information content (AvgIpc) is 2.41. The first-order chi connectivity index (χ1) is 8.75. The van der Waals surface area contributed by atoms with Crippen molar-refractivity contribution in [2.75, 3.05) is 25.1 Å². The van der Waals surface area contributed by atoms with Gasteiger partial charge in [0.1, 0.15) is 0 Å². The van der Waals surface area contributed by atoms with Gasteiger partial charge in [0.25, 0.3) is 0 Å². The van der Waals surface area contributed by atoms with Gasteiger partial charge in [0, 0.05) is 43.8 Å². The quantitative estimate of drug-likeness (QED) is 0.886. The standard InChI is InChI=1S/C13H19N3OS/c1-16(9-11-4-2-3-5-14-11)13(17)8-12-10-18-7-6-15-12/h2-5,12,15H,6-10H2,1H3. The largest absolute Gasteiger partial charge is 0.340 e. The Balaban J connectivity index is 1.81. The van der Waals surface area contributed by atoms with Crippen LogP contribution in [0.15, 0.2) is 24.4 Å². The Hall–Kier alpha value is -1.07. The van der Waals surface area contributed by atoms with Crippen molar-refractivity contribution in [2.24, 2.45) is 0 Å². The van der Waals surface area contributed by atoms with E-state index in [1.807, 2.05) is 37.0 Å². The number of hydrogen-bond donors (Lipinski definition) is 1. The molecule has 0 bridgehead atoms. The maximum atomic E-state index is 12.1. The Kier molecular flexibility index (Phi) is 5.01. The summed E-state index contributed by atoms with van der Waals surface area (Å²) in [4.78, 5) is 18.1. The molecule has 0 saturated carbocycles. The molecule has 2 heterocycles. The van der Waals surface area contributed by atoms with Crippen molar-refractivity contribution in [3.05, 3.63) is 30.1 Å². The van der Waals surface area contributed by atoms with E-state index in [4.69, 9.17) is 0 Å². The summed E-state index contributed by atoms with van der Waals surface area (Å²) in [5.41, 5.74) is 0.930. The summed E-state index contributed by atoms with van der Waals surface area (Å²) in [6, 6.07) is 6.09. The van der Waals surface area contributed by atoms with E-state index in [0.29, 0.717) is 19.0 Å². The highest BCUT2D eigenvalue weighted by molar-refractivity contribution is 7.99. The molecule has 5 heteroatoms. The Morgan fingerprint density at radius 3 is 3.17 bits per heavy atom. The zero-order chi connectivity index (χ0) is 12.8. The molecule has 1 aromatic heterocycles. The number of aromatic nitrogens is 1. The molecule has 18 heavy (non-hydrogen) atoms. The van der Waals surface area contributed by atoms with Crippen LogP contribution >= 0.6 is 11.8 Å². The van der Waals surface area contributed by atoms with Crippen LogP contribution in [-0.4, -0.2) is 46.9 Å². The Morgan fingerprint density at radius 2 is 2.50 bits per heavy atom. The summed E-state index contributed by atoms with van der Waals surface area (Å²) >= 11 is 1.92. The van der Waals surface area contributed by atoms with Gasteiger partial charge in [-0.25, -0.2) is 0 Å². The summed E-state index contributed by atoms with van der Waals surface area (Å²) in [6.07, 6.45) is 2.34. The zero-order valence-corrected chi connectivity index (χ0v) is 11.4.